The van der Waals surface area contributed by atoms with Gasteiger partial charge in [0.2, 0.25) is 5.91 Å². The molecule has 13 heavy (non-hydrogen) atoms. The van der Waals surface area contributed by atoms with Crippen LogP contribution < -0.4 is 11.5 Å². The van der Waals surface area contributed by atoms with Crippen molar-refractivity contribution in [3.63, 3.8) is 0 Å². The van der Waals surface area contributed by atoms with E-state index < -0.39 is 17.6 Å². The summed E-state index contributed by atoms with van der Waals surface area (Å²) in [5, 5.41) is 8.81. The number of aliphatic hydroxyl groups is 1. The Labute approximate surface area is 75.7 Å². The lowest BCUT2D eigenvalue weighted by Crippen LogP contribution is -2.13. The Hall–Kier alpha value is -1.78. The van der Waals surface area contributed by atoms with Crippen molar-refractivity contribution < 1.29 is 14.7 Å². The van der Waals surface area contributed by atoms with Crippen LogP contribution in [0.3, 0.4) is 0 Å². The second kappa shape index (κ2) is 5.82. The van der Waals surface area contributed by atoms with Crippen LogP contribution in [0.2, 0.25) is 0 Å². The molecule has 72 valence electrons. The van der Waals surface area contributed by atoms with Crippen molar-refractivity contribution in [3.05, 3.63) is 24.0 Å². The van der Waals surface area contributed by atoms with Crippen molar-refractivity contribution in [1.29, 1.82) is 0 Å². The van der Waals surface area contributed by atoms with Gasteiger partial charge >= 0.3 is 0 Å². The van der Waals surface area contributed by atoms with Crippen LogP contribution in [0.15, 0.2) is 24.0 Å². The number of allylic oxidation sites excluding steroid dienone is 2. The van der Waals surface area contributed by atoms with Gasteiger partial charge in [0.25, 0.3) is 5.91 Å². The standard InChI is InChI=1S/C8H12N2O3/c9-7(12)5-3-1-2-4-6(11)8(10)13/h3-5,11H,1-2H2,(H2,9,12)(H2,10,13). The average Bonchev–Trinajstić information content (AvgIpc) is 2.02. The Morgan fingerprint density at radius 3 is 2.31 bits per heavy atom. The molecule has 0 aliphatic heterocycles. The van der Waals surface area contributed by atoms with E-state index in [1.807, 2.05) is 0 Å². The van der Waals surface area contributed by atoms with Gasteiger partial charge in [-0.3, -0.25) is 9.59 Å². The molecule has 0 fully saturated rings. The van der Waals surface area contributed by atoms with E-state index in [0.717, 1.165) is 0 Å². The number of hydrogen-bond acceptors (Lipinski definition) is 3. The molecule has 0 rings (SSSR count). The molecule has 2 amide bonds. The normalized spacial score (nSPS) is 11.8. The Morgan fingerprint density at radius 1 is 1.23 bits per heavy atom. The van der Waals surface area contributed by atoms with Gasteiger partial charge in [-0.2, -0.15) is 0 Å². The van der Waals surface area contributed by atoms with Crippen LogP contribution >= 0.6 is 0 Å². The van der Waals surface area contributed by atoms with Crippen molar-refractivity contribution in [2.24, 2.45) is 11.5 Å². The fourth-order valence-corrected chi connectivity index (χ4v) is 0.616. The van der Waals surface area contributed by atoms with Crippen LogP contribution in [0.4, 0.5) is 0 Å². The summed E-state index contributed by atoms with van der Waals surface area (Å²) in [6, 6.07) is 0. The average molecular weight is 184 g/mol. The molecule has 0 aliphatic rings. The molecule has 0 radical (unpaired) electrons. The van der Waals surface area contributed by atoms with E-state index in [1.165, 1.54) is 12.2 Å². The van der Waals surface area contributed by atoms with Crippen molar-refractivity contribution in [3.8, 4) is 0 Å². The van der Waals surface area contributed by atoms with Crippen LogP contribution in [0.5, 0.6) is 0 Å². The highest BCUT2D eigenvalue weighted by Gasteiger charge is 1.97. The second-order valence-electron chi connectivity index (χ2n) is 2.34. The van der Waals surface area contributed by atoms with Gasteiger partial charge in [0, 0.05) is 0 Å². The Morgan fingerprint density at radius 2 is 1.85 bits per heavy atom. The first-order valence-electron chi connectivity index (χ1n) is 3.69. The zero-order valence-corrected chi connectivity index (χ0v) is 7.06. The topological polar surface area (TPSA) is 106 Å². The van der Waals surface area contributed by atoms with E-state index in [1.54, 1.807) is 6.08 Å². The third-order valence-electron chi connectivity index (χ3n) is 1.21. The number of nitrogens with two attached hydrogens (primary N) is 2. The van der Waals surface area contributed by atoms with E-state index in [4.69, 9.17) is 16.6 Å². The van der Waals surface area contributed by atoms with Crippen molar-refractivity contribution in [2.45, 2.75) is 12.8 Å². The quantitative estimate of drug-likeness (QED) is 0.311. The first kappa shape index (κ1) is 11.2. The fourth-order valence-electron chi connectivity index (χ4n) is 0.616. The van der Waals surface area contributed by atoms with Crippen molar-refractivity contribution >= 4 is 11.8 Å². The van der Waals surface area contributed by atoms with Crippen molar-refractivity contribution in [2.75, 3.05) is 0 Å². The number of primary amides is 2. The fraction of sp³-hybridized carbons (Fsp3) is 0.250. The van der Waals surface area contributed by atoms with Gasteiger partial charge in [-0.15, -0.1) is 0 Å². The molecule has 0 bridgehead atoms. The third kappa shape index (κ3) is 6.61. The SMILES string of the molecule is NC(=O)C=CCCC=C(O)C(N)=O. The molecule has 0 spiro atoms. The molecule has 0 aromatic heterocycles. The van der Waals surface area contributed by atoms with E-state index in [9.17, 15) is 9.59 Å². The van der Waals surface area contributed by atoms with Crippen LogP contribution in [0.25, 0.3) is 0 Å². The predicted octanol–water partition coefficient (Wildman–Crippen LogP) is -0.265. The molecule has 5 heteroatoms. The minimum Gasteiger partial charge on any atom is -0.503 e. The van der Waals surface area contributed by atoms with Crippen LogP contribution in [-0.4, -0.2) is 16.9 Å². The second-order valence-corrected chi connectivity index (χ2v) is 2.34. The number of carbonyl (C=O) groups excluding carboxylic acids is 2. The maximum Gasteiger partial charge on any atom is 0.283 e. The highest BCUT2D eigenvalue weighted by Crippen LogP contribution is 1.96. The Bertz CT molecular complexity index is 256. The van der Waals surface area contributed by atoms with Crippen LogP contribution in [-0.2, 0) is 9.59 Å². The van der Waals surface area contributed by atoms with E-state index in [2.05, 4.69) is 0 Å². The highest BCUT2D eigenvalue weighted by atomic mass is 16.3. The third-order valence-corrected chi connectivity index (χ3v) is 1.21. The number of carbonyl (C=O) groups is 2. The van der Waals surface area contributed by atoms with Crippen molar-refractivity contribution in [1.82, 2.24) is 0 Å². The summed E-state index contributed by atoms with van der Waals surface area (Å²) in [4.78, 5) is 20.5. The lowest BCUT2D eigenvalue weighted by molar-refractivity contribution is -0.117. The van der Waals surface area contributed by atoms with Gasteiger partial charge < -0.3 is 16.6 Å². The molecule has 0 heterocycles. The Kier molecular flexibility index (Phi) is 5.02. The molecule has 0 unspecified atom stereocenters. The number of aliphatic hydroxyl groups excluding tert-OH is 1. The number of unbranched alkanes of at least 4 members (excludes halogenated alkanes) is 1. The first-order chi connectivity index (χ1) is 6.04. The molecule has 5 N–H and O–H groups in total. The maximum absolute atomic E-state index is 10.3. The van der Waals surface area contributed by atoms with E-state index in [-0.39, 0.29) is 0 Å². The summed E-state index contributed by atoms with van der Waals surface area (Å²) in [7, 11) is 0. The largest absolute Gasteiger partial charge is 0.503 e. The molecule has 0 aromatic rings. The smallest absolute Gasteiger partial charge is 0.283 e. The number of amides is 2. The molecular weight excluding hydrogens is 172 g/mol. The molecule has 5 nitrogen and oxygen atoms in total. The summed E-state index contributed by atoms with van der Waals surface area (Å²) >= 11 is 0. The molecule has 0 aromatic carbocycles. The first-order valence-corrected chi connectivity index (χ1v) is 3.69. The molecule has 0 saturated heterocycles. The van der Waals surface area contributed by atoms with E-state index >= 15 is 0 Å². The maximum atomic E-state index is 10.3. The van der Waals surface area contributed by atoms with Crippen LogP contribution in [0.1, 0.15) is 12.8 Å². The summed E-state index contributed by atoms with van der Waals surface area (Å²) in [5.41, 5.74) is 9.57. The summed E-state index contributed by atoms with van der Waals surface area (Å²) in [6.45, 7) is 0. The highest BCUT2D eigenvalue weighted by molar-refractivity contribution is 5.89. The van der Waals surface area contributed by atoms with Gasteiger partial charge in [-0.1, -0.05) is 6.08 Å². The molecule has 0 saturated carbocycles. The number of hydrogen-bond donors (Lipinski definition) is 3. The summed E-state index contributed by atoms with van der Waals surface area (Å²) < 4.78 is 0. The van der Waals surface area contributed by atoms with Gasteiger partial charge in [0.15, 0.2) is 5.76 Å². The lowest BCUT2D eigenvalue weighted by atomic mass is 10.2. The van der Waals surface area contributed by atoms with Gasteiger partial charge in [0.1, 0.15) is 0 Å². The zero-order valence-electron chi connectivity index (χ0n) is 7.06. The van der Waals surface area contributed by atoms with Gasteiger partial charge in [-0.25, -0.2) is 0 Å². The molecule has 0 atom stereocenters. The summed E-state index contributed by atoms with van der Waals surface area (Å²) in [6.07, 6.45) is 4.99. The zero-order chi connectivity index (χ0) is 10.3. The van der Waals surface area contributed by atoms with Gasteiger partial charge in [0.05, 0.1) is 0 Å². The minimum atomic E-state index is -0.862. The van der Waals surface area contributed by atoms with Crippen LogP contribution in [0, 0.1) is 0 Å². The number of rotatable bonds is 5. The minimum absolute atomic E-state index is 0.429. The van der Waals surface area contributed by atoms with Gasteiger partial charge in [-0.05, 0) is 25.0 Å². The molecular formula is C8H12N2O3. The molecule has 0 aliphatic carbocycles. The monoisotopic (exact) mass is 184 g/mol. The van der Waals surface area contributed by atoms with E-state index in [0.29, 0.717) is 12.8 Å². The lowest BCUT2D eigenvalue weighted by Gasteiger charge is -1.91. The predicted molar refractivity (Wildman–Crippen MR) is 47.5 cm³/mol. The Balaban J connectivity index is 3.73. The summed E-state index contributed by atoms with van der Waals surface area (Å²) in [5.74, 6) is -1.85.